The van der Waals surface area contributed by atoms with Gasteiger partial charge in [-0.25, -0.2) is 0 Å². The molecular formula is C16H22N2O2. The van der Waals surface area contributed by atoms with Gasteiger partial charge in [0.25, 0.3) is 5.91 Å². The molecule has 20 heavy (non-hydrogen) atoms. The molecule has 0 atom stereocenters. The van der Waals surface area contributed by atoms with E-state index < -0.39 is 0 Å². The first-order valence-corrected chi connectivity index (χ1v) is 7.33. The third-order valence-electron chi connectivity index (χ3n) is 3.66. The first kappa shape index (κ1) is 14.6. The fourth-order valence-electron chi connectivity index (χ4n) is 2.60. The molecule has 1 aliphatic rings. The van der Waals surface area contributed by atoms with Gasteiger partial charge in [0, 0.05) is 24.2 Å². The molecule has 0 heterocycles. The van der Waals surface area contributed by atoms with Crippen molar-refractivity contribution in [2.24, 2.45) is 0 Å². The predicted octanol–water partition coefficient (Wildman–Crippen LogP) is 3.10. The molecule has 4 heteroatoms. The van der Waals surface area contributed by atoms with Crippen molar-refractivity contribution < 1.29 is 9.59 Å². The van der Waals surface area contributed by atoms with Gasteiger partial charge in [-0.1, -0.05) is 25.7 Å². The van der Waals surface area contributed by atoms with E-state index in [2.05, 4.69) is 10.6 Å². The topological polar surface area (TPSA) is 58.2 Å². The number of amides is 2. The van der Waals surface area contributed by atoms with E-state index in [0.29, 0.717) is 17.3 Å². The minimum absolute atomic E-state index is 0.0220. The number of rotatable bonds is 3. The summed E-state index contributed by atoms with van der Waals surface area (Å²) in [7, 11) is 0. The van der Waals surface area contributed by atoms with Crippen LogP contribution in [0.4, 0.5) is 5.69 Å². The molecule has 0 bridgehead atoms. The Bertz CT molecular complexity index is 460. The SMILES string of the molecule is CC(=O)Nc1ccc(C(=O)NC2CCCCCC2)cc1. The van der Waals surface area contributed by atoms with Crippen molar-refractivity contribution in [1.82, 2.24) is 5.32 Å². The van der Waals surface area contributed by atoms with Crippen LogP contribution in [0.2, 0.25) is 0 Å². The van der Waals surface area contributed by atoms with Crippen molar-refractivity contribution in [3.8, 4) is 0 Å². The number of hydrogen-bond donors (Lipinski definition) is 2. The highest BCUT2D eigenvalue weighted by Crippen LogP contribution is 2.18. The fraction of sp³-hybridized carbons (Fsp3) is 0.500. The molecule has 4 nitrogen and oxygen atoms in total. The Hall–Kier alpha value is -1.84. The normalized spacial score (nSPS) is 16.2. The highest BCUT2D eigenvalue weighted by atomic mass is 16.2. The van der Waals surface area contributed by atoms with Crippen LogP contribution in [0.25, 0.3) is 0 Å². The van der Waals surface area contributed by atoms with Crippen LogP contribution < -0.4 is 10.6 Å². The van der Waals surface area contributed by atoms with Gasteiger partial charge in [-0.2, -0.15) is 0 Å². The molecule has 1 aromatic rings. The maximum atomic E-state index is 12.2. The quantitative estimate of drug-likeness (QED) is 0.832. The third-order valence-corrected chi connectivity index (χ3v) is 3.66. The number of anilines is 1. The molecule has 0 unspecified atom stereocenters. The number of carbonyl (C=O) groups is 2. The predicted molar refractivity (Wildman–Crippen MR) is 79.7 cm³/mol. The van der Waals surface area contributed by atoms with Crippen molar-refractivity contribution in [3.05, 3.63) is 29.8 Å². The van der Waals surface area contributed by atoms with E-state index >= 15 is 0 Å². The van der Waals surface area contributed by atoms with Crippen molar-refractivity contribution in [3.63, 3.8) is 0 Å². The number of nitrogens with one attached hydrogen (secondary N) is 2. The van der Waals surface area contributed by atoms with E-state index in [0.717, 1.165) is 12.8 Å². The highest BCUT2D eigenvalue weighted by Gasteiger charge is 2.15. The average molecular weight is 274 g/mol. The second-order valence-corrected chi connectivity index (χ2v) is 5.42. The zero-order chi connectivity index (χ0) is 14.4. The van der Waals surface area contributed by atoms with E-state index in [1.807, 2.05) is 0 Å². The summed E-state index contributed by atoms with van der Waals surface area (Å²) in [6, 6.07) is 7.31. The maximum absolute atomic E-state index is 12.2. The third kappa shape index (κ3) is 4.37. The van der Waals surface area contributed by atoms with Crippen molar-refractivity contribution >= 4 is 17.5 Å². The lowest BCUT2D eigenvalue weighted by atomic mass is 10.1. The van der Waals surface area contributed by atoms with Gasteiger partial charge >= 0.3 is 0 Å². The fourth-order valence-corrected chi connectivity index (χ4v) is 2.60. The van der Waals surface area contributed by atoms with Crippen LogP contribution in [0.15, 0.2) is 24.3 Å². The largest absolute Gasteiger partial charge is 0.349 e. The lowest BCUT2D eigenvalue weighted by molar-refractivity contribution is -0.114. The van der Waals surface area contributed by atoms with Crippen LogP contribution in [-0.2, 0) is 4.79 Å². The molecule has 0 aromatic heterocycles. The van der Waals surface area contributed by atoms with E-state index in [9.17, 15) is 9.59 Å². The molecule has 0 aliphatic heterocycles. The summed E-state index contributed by atoms with van der Waals surface area (Å²) in [5, 5.41) is 5.80. The highest BCUT2D eigenvalue weighted by molar-refractivity contribution is 5.95. The first-order chi connectivity index (χ1) is 9.65. The molecule has 0 spiro atoms. The van der Waals surface area contributed by atoms with Crippen molar-refractivity contribution in [2.75, 3.05) is 5.32 Å². The summed E-state index contributed by atoms with van der Waals surface area (Å²) in [6.45, 7) is 1.46. The molecule has 2 amide bonds. The van der Waals surface area contributed by atoms with Crippen LogP contribution in [0.3, 0.4) is 0 Å². The smallest absolute Gasteiger partial charge is 0.251 e. The first-order valence-electron chi connectivity index (χ1n) is 7.33. The molecule has 0 saturated heterocycles. The van der Waals surface area contributed by atoms with Gasteiger partial charge < -0.3 is 10.6 Å². The van der Waals surface area contributed by atoms with E-state index in [4.69, 9.17) is 0 Å². The maximum Gasteiger partial charge on any atom is 0.251 e. The summed E-state index contributed by atoms with van der Waals surface area (Å²) in [5.74, 6) is -0.132. The van der Waals surface area contributed by atoms with Gasteiger partial charge in [0.2, 0.25) is 5.91 Å². The van der Waals surface area contributed by atoms with E-state index in [1.165, 1.54) is 32.6 Å². The molecule has 1 aromatic carbocycles. The van der Waals surface area contributed by atoms with Gasteiger partial charge in [0.15, 0.2) is 0 Å². The summed E-state index contributed by atoms with van der Waals surface area (Å²) in [4.78, 5) is 23.1. The monoisotopic (exact) mass is 274 g/mol. The van der Waals surface area contributed by atoms with Crippen LogP contribution in [-0.4, -0.2) is 17.9 Å². The molecule has 108 valence electrons. The van der Waals surface area contributed by atoms with Gasteiger partial charge in [0.05, 0.1) is 0 Å². The summed E-state index contributed by atoms with van der Waals surface area (Å²) >= 11 is 0. The Morgan fingerprint density at radius 3 is 2.15 bits per heavy atom. The lowest BCUT2D eigenvalue weighted by Gasteiger charge is -2.16. The van der Waals surface area contributed by atoms with Crippen LogP contribution in [0.5, 0.6) is 0 Å². The minimum Gasteiger partial charge on any atom is -0.349 e. The van der Waals surface area contributed by atoms with Crippen LogP contribution >= 0.6 is 0 Å². The van der Waals surface area contributed by atoms with Gasteiger partial charge in [0.1, 0.15) is 0 Å². The lowest BCUT2D eigenvalue weighted by Crippen LogP contribution is -2.34. The zero-order valence-corrected chi connectivity index (χ0v) is 11.9. The average Bonchev–Trinajstić information content (AvgIpc) is 2.67. The molecule has 2 N–H and O–H groups in total. The summed E-state index contributed by atoms with van der Waals surface area (Å²) in [5.41, 5.74) is 1.35. The Morgan fingerprint density at radius 2 is 1.60 bits per heavy atom. The molecule has 1 saturated carbocycles. The van der Waals surface area contributed by atoms with Crippen LogP contribution in [0.1, 0.15) is 55.8 Å². The van der Waals surface area contributed by atoms with Crippen LogP contribution in [0, 0.1) is 0 Å². The Morgan fingerprint density at radius 1 is 1.00 bits per heavy atom. The molecule has 1 fully saturated rings. The molecule has 1 aliphatic carbocycles. The Labute approximate surface area is 119 Å². The number of hydrogen-bond acceptors (Lipinski definition) is 2. The second-order valence-electron chi connectivity index (χ2n) is 5.42. The zero-order valence-electron chi connectivity index (χ0n) is 11.9. The Kier molecular flexibility index (Phi) is 5.16. The number of benzene rings is 1. The second kappa shape index (κ2) is 7.08. The van der Waals surface area contributed by atoms with Gasteiger partial charge in [-0.05, 0) is 37.1 Å². The summed E-state index contributed by atoms with van der Waals surface area (Å²) in [6.07, 6.45) is 7.11. The number of carbonyl (C=O) groups excluding carboxylic acids is 2. The standard InChI is InChI=1S/C16H22N2O2/c1-12(19)17-15-10-8-13(9-11-15)16(20)18-14-6-4-2-3-5-7-14/h8-11,14H,2-7H2,1H3,(H,17,19)(H,18,20). The molecule has 2 rings (SSSR count). The van der Waals surface area contributed by atoms with E-state index in [1.54, 1.807) is 24.3 Å². The van der Waals surface area contributed by atoms with E-state index in [-0.39, 0.29) is 11.8 Å². The van der Waals surface area contributed by atoms with Gasteiger partial charge in [-0.3, -0.25) is 9.59 Å². The minimum atomic E-state index is -0.111. The van der Waals surface area contributed by atoms with Gasteiger partial charge in [-0.15, -0.1) is 0 Å². The molecular weight excluding hydrogens is 252 g/mol. The summed E-state index contributed by atoms with van der Waals surface area (Å²) < 4.78 is 0. The van der Waals surface area contributed by atoms with Crippen molar-refractivity contribution in [1.29, 1.82) is 0 Å². The van der Waals surface area contributed by atoms with Crippen molar-refractivity contribution in [2.45, 2.75) is 51.5 Å². The Balaban J connectivity index is 1.92. The molecule has 0 radical (unpaired) electrons.